The summed E-state index contributed by atoms with van der Waals surface area (Å²) in [6, 6.07) is 4.10. The van der Waals surface area contributed by atoms with Crippen molar-refractivity contribution in [2.24, 2.45) is 0 Å². The van der Waals surface area contributed by atoms with Crippen LogP contribution in [0.2, 0.25) is 0 Å². The van der Waals surface area contributed by atoms with Gasteiger partial charge < -0.3 is 4.40 Å². The molecular formula is C10H11BrN2. The number of imidazole rings is 1. The summed E-state index contributed by atoms with van der Waals surface area (Å²) < 4.78 is 3.21. The molecule has 0 amide bonds. The van der Waals surface area contributed by atoms with E-state index in [1.165, 1.54) is 0 Å². The predicted molar refractivity (Wildman–Crippen MR) is 57.0 cm³/mol. The molecule has 0 spiro atoms. The summed E-state index contributed by atoms with van der Waals surface area (Å²) in [5, 5.41) is 0. The fourth-order valence-electron chi connectivity index (χ4n) is 1.42. The van der Waals surface area contributed by atoms with E-state index in [0.717, 1.165) is 15.8 Å². The molecule has 0 bridgehead atoms. The van der Waals surface area contributed by atoms with Gasteiger partial charge in [0.15, 0.2) is 0 Å². The Morgan fingerprint density at radius 2 is 2.23 bits per heavy atom. The molecule has 0 saturated carbocycles. The van der Waals surface area contributed by atoms with Crippen LogP contribution >= 0.6 is 15.9 Å². The maximum absolute atomic E-state index is 4.38. The molecule has 0 N–H and O–H groups in total. The van der Waals surface area contributed by atoms with Gasteiger partial charge in [-0.25, -0.2) is 4.98 Å². The normalized spacial score (nSPS) is 11.4. The average Bonchev–Trinajstić information content (AvgIpc) is 2.46. The summed E-state index contributed by atoms with van der Waals surface area (Å²) in [6.45, 7) is 4.30. The Bertz CT molecular complexity index is 431. The number of rotatable bonds is 1. The van der Waals surface area contributed by atoms with Gasteiger partial charge in [-0.1, -0.05) is 29.8 Å². The third kappa shape index (κ3) is 1.48. The Labute approximate surface area is 85.7 Å². The van der Waals surface area contributed by atoms with Crippen LogP contribution in [0, 0.1) is 0 Å². The Morgan fingerprint density at radius 3 is 2.92 bits per heavy atom. The molecule has 0 aliphatic carbocycles. The van der Waals surface area contributed by atoms with Gasteiger partial charge in [0.2, 0.25) is 0 Å². The van der Waals surface area contributed by atoms with Crippen molar-refractivity contribution in [3.05, 3.63) is 34.8 Å². The van der Waals surface area contributed by atoms with Crippen molar-refractivity contribution < 1.29 is 0 Å². The van der Waals surface area contributed by atoms with E-state index in [-0.39, 0.29) is 0 Å². The lowest BCUT2D eigenvalue weighted by atomic mass is 10.2. The number of hydrogen-bond acceptors (Lipinski definition) is 1. The lowest BCUT2D eigenvalue weighted by Crippen LogP contribution is -1.95. The molecule has 2 rings (SSSR count). The number of hydrogen-bond donors (Lipinski definition) is 0. The minimum Gasteiger partial charge on any atom is -0.303 e. The van der Waals surface area contributed by atoms with E-state index < -0.39 is 0 Å². The Kier molecular flexibility index (Phi) is 2.12. The fourth-order valence-corrected chi connectivity index (χ4v) is 1.77. The van der Waals surface area contributed by atoms with Crippen LogP contribution in [0.1, 0.15) is 25.6 Å². The van der Waals surface area contributed by atoms with Crippen LogP contribution in [0.25, 0.3) is 5.52 Å². The summed E-state index contributed by atoms with van der Waals surface area (Å²) in [6.07, 6.45) is 3.95. The van der Waals surface area contributed by atoms with Gasteiger partial charge in [-0.05, 0) is 12.1 Å². The zero-order valence-electron chi connectivity index (χ0n) is 7.66. The second-order valence-electron chi connectivity index (χ2n) is 3.41. The number of pyridine rings is 1. The number of fused-ring (bicyclic) bond motifs is 1. The van der Waals surface area contributed by atoms with E-state index in [9.17, 15) is 0 Å². The lowest BCUT2D eigenvalue weighted by molar-refractivity contribution is 0.770. The number of halogens is 1. The zero-order valence-corrected chi connectivity index (χ0v) is 9.25. The van der Waals surface area contributed by atoms with E-state index in [2.05, 4.69) is 45.2 Å². The van der Waals surface area contributed by atoms with Gasteiger partial charge in [0.05, 0.1) is 11.7 Å². The van der Waals surface area contributed by atoms with Crippen molar-refractivity contribution in [2.75, 3.05) is 0 Å². The van der Waals surface area contributed by atoms with Gasteiger partial charge in [-0.15, -0.1) is 0 Å². The SMILES string of the molecule is CC(C)c1ncc2cc(Br)ccn12. The first kappa shape index (κ1) is 8.75. The van der Waals surface area contributed by atoms with E-state index in [0.29, 0.717) is 5.92 Å². The maximum atomic E-state index is 4.38. The highest BCUT2D eigenvalue weighted by molar-refractivity contribution is 9.10. The Hall–Kier alpha value is -0.830. The Balaban J connectivity index is 2.69. The van der Waals surface area contributed by atoms with Crippen molar-refractivity contribution in [1.82, 2.24) is 9.38 Å². The molecule has 0 aliphatic rings. The molecule has 13 heavy (non-hydrogen) atoms. The topological polar surface area (TPSA) is 17.3 Å². The maximum Gasteiger partial charge on any atom is 0.115 e. The second kappa shape index (κ2) is 3.14. The van der Waals surface area contributed by atoms with Gasteiger partial charge in [-0.3, -0.25) is 0 Å². The molecule has 0 radical (unpaired) electrons. The largest absolute Gasteiger partial charge is 0.303 e. The van der Waals surface area contributed by atoms with Gasteiger partial charge in [-0.2, -0.15) is 0 Å². The van der Waals surface area contributed by atoms with Crippen LogP contribution < -0.4 is 0 Å². The summed E-state index contributed by atoms with van der Waals surface area (Å²) in [5.41, 5.74) is 1.14. The highest BCUT2D eigenvalue weighted by Crippen LogP contribution is 2.18. The van der Waals surface area contributed by atoms with Gasteiger partial charge in [0.1, 0.15) is 5.82 Å². The van der Waals surface area contributed by atoms with E-state index in [1.807, 2.05) is 18.5 Å². The Morgan fingerprint density at radius 1 is 1.46 bits per heavy atom. The molecule has 0 saturated heterocycles. The third-order valence-electron chi connectivity index (χ3n) is 2.04. The van der Waals surface area contributed by atoms with Gasteiger partial charge in [0, 0.05) is 16.6 Å². The highest BCUT2D eigenvalue weighted by Gasteiger charge is 2.06. The van der Waals surface area contributed by atoms with Gasteiger partial charge in [0.25, 0.3) is 0 Å². The highest BCUT2D eigenvalue weighted by atomic mass is 79.9. The molecule has 0 atom stereocenters. The molecule has 0 aliphatic heterocycles. The van der Waals surface area contributed by atoms with Crippen LogP contribution in [-0.4, -0.2) is 9.38 Å². The average molecular weight is 239 g/mol. The van der Waals surface area contributed by atoms with E-state index in [4.69, 9.17) is 0 Å². The molecule has 0 fully saturated rings. The van der Waals surface area contributed by atoms with Crippen molar-refractivity contribution in [2.45, 2.75) is 19.8 Å². The molecular weight excluding hydrogens is 228 g/mol. The van der Waals surface area contributed by atoms with Crippen LogP contribution in [0.3, 0.4) is 0 Å². The first-order chi connectivity index (χ1) is 6.18. The third-order valence-corrected chi connectivity index (χ3v) is 2.53. The summed E-state index contributed by atoms with van der Waals surface area (Å²) in [7, 11) is 0. The van der Waals surface area contributed by atoms with Gasteiger partial charge >= 0.3 is 0 Å². The predicted octanol–water partition coefficient (Wildman–Crippen LogP) is 3.22. The first-order valence-electron chi connectivity index (χ1n) is 4.31. The summed E-state index contributed by atoms with van der Waals surface area (Å²) in [4.78, 5) is 4.38. The molecule has 2 aromatic rings. The van der Waals surface area contributed by atoms with Crippen molar-refractivity contribution in [1.29, 1.82) is 0 Å². The van der Waals surface area contributed by atoms with Crippen molar-refractivity contribution >= 4 is 21.4 Å². The molecule has 2 aromatic heterocycles. The van der Waals surface area contributed by atoms with E-state index in [1.54, 1.807) is 0 Å². The molecule has 0 aromatic carbocycles. The summed E-state index contributed by atoms with van der Waals surface area (Å²) in [5.74, 6) is 1.58. The summed E-state index contributed by atoms with van der Waals surface area (Å²) >= 11 is 3.44. The van der Waals surface area contributed by atoms with Crippen molar-refractivity contribution in [3.63, 3.8) is 0 Å². The quantitative estimate of drug-likeness (QED) is 0.746. The van der Waals surface area contributed by atoms with Crippen LogP contribution in [0.5, 0.6) is 0 Å². The monoisotopic (exact) mass is 238 g/mol. The molecule has 68 valence electrons. The second-order valence-corrected chi connectivity index (χ2v) is 4.33. The van der Waals surface area contributed by atoms with Crippen molar-refractivity contribution in [3.8, 4) is 0 Å². The van der Waals surface area contributed by atoms with Crippen LogP contribution in [0.4, 0.5) is 0 Å². The minimum atomic E-state index is 0.462. The standard InChI is InChI=1S/C10H11BrN2/c1-7(2)10-12-6-9-5-8(11)3-4-13(9)10/h3-7H,1-2H3. The lowest BCUT2D eigenvalue weighted by Gasteiger charge is -2.03. The number of nitrogens with zero attached hydrogens (tertiary/aromatic N) is 2. The minimum absolute atomic E-state index is 0.462. The van der Waals surface area contributed by atoms with Crippen LogP contribution in [-0.2, 0) is 0 Å². The first-order valence-corrected chi connectivity index (χ1v) is 5.10. The zero-order chi connectivity index (χ0) is 9.42. The van der Waals surface area contributed by atoms with Crippen LogP contribution in [0.15, 0.2) is 29.0 Å². The molecule has 2 nitrogen and oxygen atoms in total. The number of aromatic nitrogens is 2. The molecule has 0 unspecified atom stereocenters. The molecule has 2 heterocycles. The smallest absolute Gasteiger partial charge is 0.115 e. The fraction of sp³-hybridized carbons (Fsp3) is 0.300. The molecule has 3 heteroatoms. The van der Waals surface area contributed by atoms with E-state index >= 15 is 0 Å².